The standard InChI is InChI=1S/C12H11NO3/c14-12(11-7-4-8-16-13-11)15-9-10-5-2-1-3-6-10/h1-6,8H,7,9H2. The maximum Gasteiger partial charge on any atom is 0.356 e. The number of ether oxygens (including phenoxy) is 1. The summed E-state index contributed by atoms with van der Waals surface area (Å²) in [6.45, 7) is 0.252. The first-order valence-corrected chi connectivity index (χ1v) is 4.95. The van der Waals surface area contributed by atoms with E-state index in [0.29, 0.717) is 12.1 Å². The number of allylic oxidation sites excluding steroid dienone is 1. The molecule has 0 N–H and O–H groups in total. The lowest BCUT2D eigenvalue weighted by molar-refractivity contribution is -0.137. The van der Waals surface area contributed by atoms with Crippen LogP contribution in [-0.2, 0) is 21.0 Å². The second-order valence-electron chi connectivity index (χ2n) is 3.28. The van der Waals surface area contributed by atoms with Crippen molar-refractivity contribution >= 4 is 11.7 Å². The Labute approximate surface area is 93.2 Å². The zero-order valence-corrected chi connectivity index (χ0v) is 8.63. The van der Waals surface area contributed by atoms with Gasteiger partial charge in [0.15, 0.2) is 5.71 Å². The van der Waals surface area contributed by atoms with Gasteiger partial charge in [-0.2, -0.15) is 0 Å². The summed E-state index contributed by atoms with van der Waals surface area (Å²) in [6.07, 6.45) is 3.60. The van der Waals surface area contributed by atoms with E-state index in [1.54, 1.807) is 6.08 Å². The number of hydrogen-bond acceptors (Lipinski definition) is 4. The third-order valence-corrected chi connectivity index (χ3v) is 2.08. The smallest absolute Gasteiger partial charge is 0.356 e. The molecule has 0 aliphatic carbocycles. The van der Waals surface area contributed by atoms with Crippen LogP contribution in [0.3, 0.4) is 0 Å². The van der Waals surface area contributed by atoms with Crippen molar-refractivity contribution in [3.05, 3.63) is 48.2 Å². The number of benzene rings is 1. The number of rotatable bonds is 3. The Morgan fingerprint density at radius 2 is 2.19 bits per heavy atom. The zero-order chi connectivity index (χ0) is 11.2. The number of esters is 1. The van der Waals surface area contributed by atoms with Crippen LogP contribution in [0.4, 0.5) is 0 Å². The molecule has 0 bridgehead atoms. The van der Waals surface area contributed by atoms with Gasteiger partial charge >= 0.3 is 5.97 Å². The van der Waals surface area contributed by atoms with Crippen LogP contribution in [0.5, 0.6) is 0 Å². The van der Waals surface area contributed by atoms with Crippen LogP contribution in [0, 0.1) is 0 Å². The first-order valence-electron chi connectivity index (χ1n) is 4.95. The van der Waals surface area contributed by atoms with Gasteiger partial charge in [-0.3, -0.25) is 0 Å². The Morgan fingerprint density at radius 1 is 1.38 bits per heavy atom. The Kier molecular flexibility index (Phi) is 3.33. The highest BCUT2D eigenvalue weighted by atomic mass is 16.6. The minimum atomic E-state index is -0.437. The Morgan fingerprint density at radius 3 is 2.88 bits per heavy atom. The first kappa shape index (κ1) is 10.4. The fourth-order valence-corrected chi connectivity index (χ4v) is 1.26. The highest BCUT2D eigenvalue weighted by molar-refractivity contribution is 6.36. The Bertz CT molecular complexity index is 423. The zero-order valence-electron chi connectivity index (χ0n) is 8.63. The van der Waals surface area contributed by atoms with Crippen LogP contribution >= 0.6 is 0 Å². The summed E-state index contributed by atoms with van der Waals surface area (Å²) in [4.78, 5) is 16.2. The fourth-order valence-electron chi connectivity index (χ4n) is 1.26. The average Bonchev–Trinajstić information content (AvgIpc) is 2.38. The number of hydrogen-bond donors (Lipinski definition) is 0. The second-order valence-corrected chi connectivity index (χ2v) is 3.28. The molecule has 2 rings (SSSR count). The second kappa shape index (κ2) is 5.11. The lowest BCUT2D eigenvalue weighted by atomic mass is 10.2. The minimum absolute atomic E-state index is 0.252. The lowest BCUT2D eigenvalue weighted by Gasteiger charge is -2.07. The van der Waals surface area contributed by atoms with Crippen LogP contribution in [0.15, 0.2) is 47.8 Å². The molecule has 0 radical (unpaired) electrons. The summed E-state index contributed by atoms with van der Waals surface area (Å²) in [5.74, 6) is -0.437. The SMILES string of the molecule is O=C(OCc1ccccc1)C1=NOC=CC1. The maximum absolute atomic E-state index is 11.5. The highest BCUT2D eigenvalue weighted by Gasteiger charge is 2.14. The Hall–Kier alpha value is -2.10. The Balaban J connectivity index is 1.87. The monoisotopic (exact) mass is 217 g/mol. The van der Waals surface area contributed by atoms with Crippen LogP contribution < -0.4 is 0 Å². The normalized spacial score (nSPS) is 13.9. The van der Waals surface area contributed by atoms with Gasteiger partial charge in [0.25, 0.3) is 0 Å². The molecule has 1 heterocycles. The van der Waals surface area contributed by atoms with Crippen LogP contribution in [0.1, 0.15) is 12.0 Å². The van der Waals surface area contributed by atoms with Gasteiger partial charge < -0.3 is 9.57 Å². The van der Waals surface area contributed by atoms with E-state index in [1.807, 2.05) is 30.3 Å². The van der Waals surface area contributed by atoms with Crippen molar-refractivity contribution in [3.8, 4) is 0 Å². The van der Waals surface area contributed by atoms with E-state index < -0.39 is 5.97 Å². The van der Waals surface area contributed by atoms with Gasteiger partial charge in [0, 0.05) is 6.42 Å². The van der Waals surface area contributed by atoms with Gasteiger partial charge in [-0.15, -0.1) is 0 Å². The summed E-state index contributed by atoms with van der Waals surface area (Å²) < 4.78 is 5.08. The summed E-state index contributed by atoms with van der Waals surface area (Å²) in [7, 11) is 0. The summed E-state index contributed by atoms with van der Waals surface area (Å²) in [5.41, 5.74) is 1.24. The van der Waals surface area contributed by atoms with Crippen molar-refractivity contribution in [2.45, 2.75) is 13.0 Å². The molecule has 82 valence electrons. The van der Waals surface area contributed by atoms with E-state index in [-0.39, 0.29) is 6.61 Å². The third-order valence-electron chi connectivity index (χ3n) is 2.08. The summed E-state index contributed by atoms with van der Waals surface area (Å²) >= 11 is 0. The van der Waals surface area contributed by atoms with Gasteiger partial charge in [-0.25, -0.2) is 4.79 Å². The molecule has 4 nitrogen and oxygen atoms in total. The van der Waals surface area contributed by atoms with Crippen molar-refractivity contribution in [1.29, 1.82) is 0 Å². The fraction of sp³-hybridized carbons (Fsp3) is 0.167. The van der Waals surface area contributed by atoms with Gasteiger partial charge in [0.05, 0.1) is 0 Å². The molecule has 16 heavy (non-hydrogen) atoms. The molecule has 4 heteroatoms. The molecule has 1 aliphatic rings. The van der Waals surface area contributed by atoms with E-state index >= 15 is 0 Å². The lowest BCUT2D eigenvalue weighted by Crippen LogP contribution is -2.18. The third kappa shape index (κ3) is 2.70. The molecule has 0 spiro atoms. The van der Waals surface area contributed by atoms with E-state index in [9.17, 15) is 4.79 Å². The average molecular weight is 217 g/mol. The van der Waals surface area contributed by atoms with Crippen molar-refractivity contribution in [1.82, 2.24) is 0 Å². The van der Waals surface area contributed by atoms with Crippen molar-refractivity contribution < 1.29 is 14.4 Å². The van der Waals surface area contributed by atoms with E-state index in [0.717, 1.165) is 5.56 Å². The van der Waals surface area contributed by atoms with Crippen LogP contribution in [0.25, 0.3) is 0 Å². The molecule has 0 fully saturated rings. The topological polar surface area (TPSA) is 47.9 Å². The quantitative estimate of drug-likeness (QED) is 0.728. The van der Waals surface area contributed by atoms with E-state index in [2.05, 4.69) is 9.99 Å². The van der Waals surface area contributed by atoms with Gasteiger partial charge in [-0.1, -0.05) is 35.5 Å². The molecular formula is C12H11NO3. The molecule has 0 aromatic heterocycles. The number of nitrogens with zero attached hydrogens (tertiary/aromatic N) is 1. The van der Waals surface area contributed by atoms with Crippen LogP contribution in [-0.4, -0.2) is 11.7 Å². The number of carbonyl (C=O) groups excluding carboxylic acids is 1. The molecular weight excluding hydrogens is 206 g/mol. The van der Waals surface area contributed by atoms with E-state index in [1.165, 1.54) is 6.26 Å². The van der Waals surface area contributed by atoms with Crippen LogP contribution in [0.2, 0.25) is 0 Å². The largest absolute Gasteiger partial charge is 0.456 e. The van der Waals surface area contributed by atoms with Crippen molar-refractivity contribution in [2.24, 2.45) is 5.16 Å². The minimum Gasteiger partial charge on any atom is -0.456 e. The molecule has 0 saturated carbocycles. The van der Waals surface area contributed by atoms with E-state index in [4.69, 9.17) is 4.74 Å². The van der Waals surface area contributed by atoms with Gasteiger partial charge in [0.2, 0.25) is 0 Å². The highest BCUT2D eigenvalue weighted by Crippen LogP contribution is 2.04. The first-order chi connectivity index (χ1) is 7.86. The molecule has 1 aromatic rings. The van der Waals surface area contributed by atoms with Gasteiger partial charge in [0.1, 0.15) is 12.9 Å². The van der Waals surface area contributed by atoms with Gasteiger partial charge in [-0.05, 0) is 11.6 Å². The molecule has 1 aliphatic heterocycles. The predicted molar refractivity (Wildman–Crippen MR) is 58.5 cm³/mol. The molecule has 0 atom stereocenters. The summed E-state index contributed by atoms with van der Waals surface area (Å²) in [5, 5.41) is 3.60. The predicted octanol–water partition coefficient (Wildman–Crippen LogP) is 2.02. The number of carbonyl (C=O) groups is 1. The van der Waals surface area contributed by atoms with Crippen molar-refractivity contribution in [2.75, 3.05) is 0 Å². The molecule has 0 saturated heterocycles. The molecule has 1 aromatic carbocycles. The molecule has 0 amide bonds. The number of oxime groups is 1. The summed E-state index contributed by atoms with van der Waals surface area (Å²) in [6, 6.07) is 9.49. The maximum atomic E-state index is 11.5. The molecule has 0 unspecified atom stereocenters. The van der Waals surface area contributed by atoms with Crippen molar-refractivity contribution in [3.63, 3.8) is 0 Å².